The molecule has 0 aliphatic carbocycles. The Morgan fingerprint density at radius 1 is 1.23 bits per heavy atom. The molecule has 1 aromatic carbocycles. The van der Waals surface area contributed by atoms with Crippen LogP contribution in [0.15, 0.2) is 18.2 Å². The molecule has 118 valence electrons. The molecule has 0 saturated carbocycles. The summed E-state index contributed by atoms with van der Waals surface area (Å²) in [5.74, 6) is 1.75. The largest absolute Gasteiger partial charge is 0.454 e. The van der Waals surface area contributed by atoms with E-state index in [1.54, 1.807) is 23.1 Å². The Kier molecular flexibility index (Phi) is 4.18. The maximum absolute atomic E-state index is 12.3. The molecule has 0 unspecified atom stereocenters. The molecule has 0 radical (unpaired) electrons. The van der Waals surface area contributed by atoms with Crippen molar-refractivity contribution in [3.05, 3.63) is 18.2 Å². The fourth-order valence-corrected chi connectivity index (χ4v) is 2.87. The number of hydrogen-bond acceptors (Lipinski definition) is 4. The summed E-state index contributed by atoms with van der Waals surface area (Å²) in [6, 6.07) is 5.19. The average molecular weight is 304 g/mol. The maximum Gasteiger partial charge on any atom is 0.321 e. The summed E-state index contributed by atoms with van der Waals surface area (Å²) in [5.41, 5.74) is 0.681. The van der Waals surface area contributed by atoms with Crippen LogP contribution in [0.2, 0.25) is 0 Å². The highest BCUT2D eigenvalue weighted by Crippen LogP contribution is 2.34. The van der Waals surface area contributed by atoms with E-state index < -0.39 is 0 Å². The maximum atomic E-state index is 12.3. The van der Waals surface area contributed by atoms with Gasteiger partial charge >= 0.3 is 6.03 Å². The molecular formula is C16H20N2O4. The van der Waals surface area contributed by atoms with Crippen molar-refractivity contribution < 1.29 is 19.1 Å². The van der Waals surface area contributed by atoms with Gasteiger partial charge < -0.3 is 19.7 Å². The average Bonchev–Trinajstić information content (AvgIpc) is 3.02. The first-order chi connectivity index (χ1) is 10.7. The number of hydrogen-bond donors (Lipinski definition) is 1. The van der Waals surface area contributed by atoms with Crippen LogP contribution in [-0.2, 0) is 4.79 Å². The predicted molar refractivity (Wildman–Crippen MR) is 81.2 cm³/mol. The smallest absolute Gasteiger partial charge is 0.321 e. The topological polar surface area (TPSA) is 67.9 Å². The van der Waals surface area contributed by atoms with Crippen LogP contribution < -0.4 is 14.8 Å². The number of nitrogens with zero attached hydrogens (tertiary/aromatic N) is 1. The summed E-state index contributed by atoms with van der Waals surface area (Å²) in [7, 11) is 0. The number of ketones is 1. The van der Waals surface area contributed by atoms with Crippen molar-refractivity contribution in [3.63, 3.8) is 0 Å². The van der Waals surface area contributed by atoms with E-state index in [0.717, 1.165) is 12.8 Å². The van der Waals surface area contributed by atoms with E-state index in [-0.39, 0.29) is 18.7 Å². The van der Waals surface area contributed by atoms with E-state index in [2.05, 4.69) is 5.32 Å². The van der Waals surface area contributed by atoms with Crippen molar-refractivity contribution in [2.45, 2.75) is 26.2 Å². The number of carbonyl (C=O) groups is 2. The predicted octanol–water partition coefficient (Wildman–Crippen LogP) is 2.64. The molecule has 2 aliphatic heterocycles. The zero-order chi connectivity index (χ0) is 15.5. The number of urea groups is 1. The molecule has 0 aromatic heterocycles. The van der Waals surface area contributed by atoms with Gasteiger partial charge in [-0.15, -0.1) is 0 Å². The van der Waals surface area contributed by atoms with Crippen molar-refractivity contribution in [2.24, 2.45) is 5.92 Å². The summed E-state index contributed by atoms with van der Waals surface area (Å²) in [6.07, 6.45) is 2.08. The highest BCUT2D eigenvalue weighted by Gasteiger charge is 2.26. The fraction of sp³-hybridized carbons (Fsp3) is 0.500. The summed E-state index contributed by atoms with van der Waals surface area (Å²) in [6.45, 7) is 3.34. The number of carbonyl (C=O) groups excluding carboxylic acids is 2. The number of amides is 2. The van der Waals surface area contributed by atoms with Gasteiger partial charge in [0.05, 0.1) is 0 Å². The molecule has 1 aromatic rings. The number of rotatable bonds is 3. The monoisotopic (exact) mass is 304 g/mol. The summed E-state index contributed by atoms with van der Waals surface area (Å²) < 4.78 is 10.5. The van der Waals surface area contributed by atoms with Gasteiger partial charge in [0.2, 0.25) is 6.79 Å². The second kappa shape index (κ2) is 6.25. The van der Waals surface area contributed by atoms with Gasteiger partial charge in [-0.2, -0.15) is 0 Å². The lowest BCUT2D eigenvalue weighted by atomic mass is 9.91. The first kappa shape index (κ1) is 14.7. The standard InChI is InChI=1S/C16H20N2O4/c1-2-13(19)11-5-7-18(8-6-11)16(20)17-12-3-4-14-15(9-12)22-10-21-14/h3-4,9,11H,2,5-8,10H2,1H3,(H,17,20). The van der Waals surface area contributed by atoms with Crippen LogP contribution in [0.4, 0.5) is 10.5 Å². The third-order valence-corrected chi connectivity index (χ3v) is 4.21. The van der Waals surface area contributed by atoms with Crippen LogP contribution in [-0.4, -0.2) is 36.6 Å². The second-order valence-corrected chi connectivity index (χ2v) is 5.58. The summed E-state index contributed by atoms with van der Waals surface area (Å²) >= 11 is 0. The highest BCUT2D eigenvalue weighted by molar-refractivity contribution is 5.90. The number of anilines is 1. The lowest BCUT2D eigenvalue weighted by Gasteiger charge is -2.31. The second-order valence-electron chi connectivity index (χ2n) is 5.58. The normalized spacial score (nSPS) is 17.4. The number of Topliss-reactive ketones (excluding diaryl/α,β-unsaturated/α-hetero) is 1. The first-order valence-electron chi connectivity index (χ1n) is 7.65. The molecule has 2 amide bonds. The number of ether oxygens (including phenoxy) is 2. The lowest BCUT2D eigenvalue weighted by molar-refractivity contribution is -0.123. The van der Waals surface area contributed by atoms with E-state index in [9.17, 15) is 9.59 Å². The van der Waals surface area contributed by atoms with E-state index in [4.69, 9.17) is 9.47 Å². The zero-order valence-electron chi connectivity index (χ0n) is 12.6. The van der Waals surface area contributed by atoms with Crippen LogP contribution >= 0.6 is 0 Å². The van der Waals surface area contributed by atoms with Gasteiger partial charge in [-0.3, -0.25) is 4.79 Å². The van der Waals surface area contributed by atoms with Gasteiger partial charge in [0.15, 0.2) is 11.5 Å². The molecule has 1 saturated heterocycles. The molecule has 1 fully saturated rings. The number of nitrogens with one attached hydrogen (secondary N) is 1. The SMILES string of the molecule is CCC(=O)C1CCN(C(=O)Nc2ccc3c(c2)OCO3)CC1. The van der Waals surface area contributed by atoms with Crippen LogP contribution in [0.1, 0.15) is 26.2 Å². The van der Waals surface area contributed by atoms with Crippen molar-refractivity contribution in [1.29, 1.82) is 0 Å². The molecule has 1 N–H and O–H groups in total. The molecule has 6 heteroatoms. The third kappa shape index (κ3) is 3.00. The van der Waals surface area contributed by atoms with Gasteiger partial charge in [0, 0.05) is 37.2 Å². The Hall–Kier alpha value is -2.24. The van der Waals surface area contributed by atoms with Gasteiger partial charge in [-0.05, 0) is 25.0 Å². The van der Waals surface area contributed by atoms with Crippen molar-refractivity contribution in [3.8, 4) is 11.5 Å². The first-order valence-corrected chi connectivity index (χ1v) is 7.65. The van der Waals surface area contributed by atoms with Crippen LogP contribution in [0, 0.1) is 5.92 Å². The molecule has 2 heterocycles. The Balaban J connectivity index is 1.56. The van der Waals surface area contributed by atoms with Crippen LogP contribution in [0.25, 0.3) is 0 Å². The molecule has 0 spiro atoms. The minimum atomic E-state index is -0.138. The van der Waals surface area contributed by atoms with Crippen molar-refractivity contribution >= 4 is 17.5 Å². The lowest BCUT2D eigenvalue weighted by Crippen LogP contribution is -2.42. The molecule has 0 bridgehead atoms. The minimum absolute atomic E-state index is 0.111. The number of piperidine rings is 1. The number of benzene rings is 1. The van der Waals surface area contributed by atoms with Crippen LogP contribution in [0.5, 0.6) is 11.5 Å². The molecular weight excluding hydrogens is 284 g/mol. The Bertz CT molecular complexity index is 580. The van der Waals surface area contributed by atoms with Gasteiger partial charge in [0.1, 0.15) is 5.78 Å². The molecule has 3 rings (SSSR count). The van der Waals surface area contributed by atoms with Gasteiger partial charge in [-0.25, -0.2) is 4.79 Å². The molecule has 6 nitrogen and oxygen atoms in total. The van der Waals surface area contributed by atoms with E-state index in [0.29, 0.717) is 42.5 Å². The number of likely N-dealkylation sites (tertiary alicyclic amines) is 1. The minimum Gasteiger partial charge on any atom is -0.454 e. The summed E-state index contributed by atoms with van der Waals surface area (Å²) in [5, 5.41) is 2.87. The molecule has 2 aliphatic rings. The summed E-state index contributed by atoms with van der Waals surface area (Å²) in [4.78, 5) is 25.7. The van der Waals surface area contributed by atoms with Crippen molar-refractivity contribution in [1.82, 2.24) is 4.90 Å². The zero-order valence-corrected chi connectivity index (χ0v) is 12.6. The van der Waals surface area contributed by atoms with Crippen LogP contribution in [0.3, 0.4) is 0 Å². The Morgan fingerprint density at radius 2 is 1.95 bits per heavy atom. The van der Waals surface area contributed by atoms with Gasteiger partial charge in [0.25, 0.3) is 0 Å². The Labute approximate surface area is 129 Å². The van der Waals surface area contributed by atoms with E-state index in [1.807, 2.05) is 6.92 Å². The third-order valence-electron chi connectivity index (χ3n) is 4.21. The van der Waals surface area contributed by atoms with Gasteiger partial charge in [-0.1, -0.05) is 6.92 Å². The number of fused-ring (bicyclic) bond motifs is 1. The van der Waals surface area contributed by atoms with Crippen molar-refractivity contribution in [2.75, 3.05) is 25.2 Å². The molecule has 22 heavy (non-hydrogen) atoms. The highest BCUT2D eigenvalue weighted by atomic mass is 16.7. The Morgan fingerprint density at radius 3 is 2.68 bits per heavy atom. The van der Waals surface area contributed by atoms with E-state index in [1.165, 1.54) is 0 Å². The fourth-order valence-electron chi connectivity index (χ4n) is 2.87. The van der Waals surface area contributed by atoms with E-state index >= 15 is 0 Å². The molecule has 0 atom stereocenters. The quantitative estimate of drug-likeness (QED) is 0.932.